The Bertz CT molecular complexity index is 1230. The highest BCUT2D eigenvalue weighted by Gasteiger charge is 2.19. The van der Waals surface area contributed by atoms with Crippen LogP contribution in [0.1, 0.15) is 35.9 Å². The Kier molecular flexibility index (Phi) is 6.28. The number of carbonyl (C=O) groups excluding carboxylic acids is 1. The molecule has 1 N–H and O–H groups in total. The molecule has 0 radical (unpaired) electrons. The molecule has 1 amide bonds. The fourth-order valence-corrected chi connectivity index (χ4v) is 4.48. The number of benzene rings is 2. The lowest BCUT2D eigenvalue weighted by Crippen LogP contribution is -2.35. The molecule has 0 saturated carbocycles. The molecule has 0 aliphatic carbocycles. The van der Waals surface area contributed by atoms with Crippen LogP contribution in [-0.4, -0.2) is 15.7 Å². The Morgan fingerprint density at radius 2 is 1.84 bits per heavy atom. The van der Waals surface area contributed by atoms with Crippen molar-refractivity contribution in [2.24, 2.45) is 5.92 Å². The van der Waals surface area contributed by atoms with Crippen LogP contribution in [0.25, 0.3) is 10.8 Å². The van der Waals surface area contributed by atoms with Crippen molar-refractivity contribution in [3.63, 3.8) is 0 Å². The van der Waals surface area contributed by atoms with Crippen molar-refractivity contribution in [3.8, 4) is 0 Å². The van der Waals surface area contributed by atoms with E-state index in [2.05, 4.69) is 48.5 Å². The number of hydrogen-bond acceptors (Lipinski definition) is 4. The maximum Gasteiger partial charge on any atom is 0.275 e. The lowest BCUT2D eigenvalue weighted by Gasteiger charge is -2.19. The number of amides is 1. The van der Waals surface area contributed by atoms with Crippen LogP contribution >= 0.6 is 11.3 Å². The molecule has 4 aromatic rings. The van der Waals surface area contributed by atoms with Crippen LogP contribution < -0.4 is 10.9 Å². The summed E-state index contributed by atoms with van der Waals surface area (Å²) in [6.45, 7) is 4.27. The SMILES string of the molecule is CC(C)Cc1ccc(C(NC(=O)Cn2ncc3ccccc3c2=O)c2cccs2)cc1. The summed E-state index contributed by atoms with van der Waals surface area (Å²) in [6.07, 6.45) is 2.64. The minimum Gasteiger partial charge on any atom is -0.343 e. The van der Waals surface area contributed by atoms with Crippen molar-refractivity contribution in [1.29, 1.82) is 0 Å². The van der Waals surface area contributed by atoms with Gasteiger partial charge in [0.1, 0.15) is 6.54 Å². The molecule has 0 spiro atoms. The zero-order valence-electron chi connectivity index (χ0n) is 17.6. The highest BCUT2D eigenvalue weighted by molar-refractivity contribution is 7.10. The van der Waals surface area contributed by atoms with Crippen LogP contribution in [0.2, 0.25) is 0 Å². The topological polar surface area (TPSA) is 64.0 Å². The summed E-state index contributed by atoms with van der Waals surface area (Å²) in [5.41, 5.74) is 2.03. The van der Waals surface area contributed by atoms with Gasteiger partial charge in [-0.05, 0) is 41.0 Å². The Morgan fingerprint density at radius 1 is 1.06 bits per heavy atom. The van der Waals surface area contributed by atoms with Gasteiger partial charge in [-0.15, -0.1) is 11.3 Å². The average Bonchev–Trinajstić information content (AvgIpc) is 3.29. The third-order valence-corrected chi connectivity index (χ3v) is 6.08. The van der Waals surface area contributed by atoms with Gasteiger partial charge in [-0.2, -0.15) is 5.10 Å². The number of hydrogen-bond donors (Lipinski definition) is 1. The Morgan fingerprint density at radius 3 is 2.55 bits per heavy atom. The first-order valence-corrected chi connectivity index (χ1v) is 11.3. The van der Waals surface area contributed by atoms with Crippen molar-refractivity contribution < 1.29 is 4.79 Å². The van der Waals surface area contributed by atoms with E-state index in [-0.39, 0.29) is 24.1 Å². The molecule has 0 aliphatic heterocycles. The zero-order chi connectivity index (χ0) is 21.8. The van der Waals surface area contributed by atoms with Crippen LogP contribution in [0.5, 0.6) is 0 Å². The second kappa shape index (κ2) is 9.27. The van der Waals surface area contributed by atoms with E-state index < -0.39 is 0 Å². The van der Waals surface area contributed by atoms with E-state index in [1.54, 1.807) is 23.6 Å². The zero-order valence-corrected chi connectivity index (χ0v) is 18.4. The smallest absolute Gasteiger partial charge is 0.275 e. The Labute approximate surface area is 185 Å². The van der Waals surface area contributed by atoms with Gasteiger partial charge in [0.15, 0.2) is 0 Å². The number of nitrogens with one attached hydrogen (secondary N) is 1. The number of nitrogens with zero attached hydrogens (tertiary/aromatic N) is 2. The molecule has 2 aromatic heterocycles. The monoisotopic (exact) mass is 431 g/mol. The van der Waals surface area contributed by atoms with Crippen LogP contribution in [0.4, 0.5) is 0 Å². The second-order valence-corrected chi connectivity index (χ2v) is 9.03. The van der Waals surface area contributed by atoms with Crippen molar-refractivity contribution in [3.05, 3.63) is 98.6 Å². The molecule has 2 heterocycles. The van der Waals surface area contributed by atoms with Crippen LogP contribution in [0.3, 0.4) is 0 Å². The summed E-state index contributed by atoms with van der Waals surface area (Å²) in [5, 5.41) is 10.6. The molecule has 0 aliphatic rings. The van der Waals surface area contributed by atoms with Crippen molar-refractivity contribution >= 4 is 28.0 Å². The highest BCUT2D eigenvalue weighted by Crippen LogP contribution is 2.26. The number of carbonyl (C=O) groups is 1. The van der Waals surface area contributed by atoms with Crippen molar-refractivity contribution in [1.82, 2.24) is 15.1 Å². The number of rotatable bonds is 7. The molecule has 2 aromatic carbocycles. The van der Waals surface area contributed by atoms with E-state index in [4.69, 9.17) is 0 Å². The van der Waals surface area contributed by atoms with Gasteiger partial charge in [-0.1, -0.05) is 62.4 Å². The molecule has 0 bridgehead atoms. The fourth-order valence-electron chi connectivity index (χ4n) is 3.67. The van der Waals surface area contributed by atoms with Gasteiger partial charge >= 0.3 is 0 Å². The molecule has 1 unspecified atom stereocenters. The normalized spacial score (nSPS) is 12.2. The van der Waals surface area contributed by atoms with E-state index >= 15 is 0 Å². The molecular formula is C25H25N3O2S. The minimum absolute atomic E-state index is 0.128. The number of fused-ring (bicyclic) bond motifs is 1. The van der Waals surface area contributed by atoms with Crippen LogP contribution in [-0.2, 0) is 17.8 Å². The third kappa shape index (κ3) is 4.91. The van der Waals surface area contributed by atoms with E-state index in [1.165, 1.54) is 10.2 Å². The Hall–Kier alpha value is -3.25. The molecule has 4 rings (SSSR count). The Balaban J connectivity index is 1.56. The molecule has 5 nitrogen and oxygen atoms in total. The standard InChI is InChI=1S/C25H25N3O2S/c1-17(2)14-18-9-11-19(12-10-18)24(22-8-5-13-31-22)27-23(29)16-28-25(30)21-7-4-3-6-20(21)15-26-28/h3-13,15,17,24H,14,16H2,1-2H3,(H,27,29). The molecule has 0 fully saturated rings. The predicted molar refractivity (Wildman–Crippen MR) is 125 cm³/mol. The molecule has 1 atom stereocenters. The maximum atomic E-state index is 12.9. The van der Waals surface area contributed by atoms with E-state index in [0.29, 0.717) is 11.3 Å². The summed E-state index contributed by atoms with van der Waals surface area (Å²) < 4.78 is 1.22. The third-order valence-electron chi connectivity index (χ3n) is 5.15. The lowest BCUT2D eigenvalue weighted by molar-refractivity contribution is -0.122. The molecule has 0 saturated heterocycles. The molecule has 158 valence electrons. The first-order valence-electron chi connectivity index (χ1n) is 10.4. The number of aromatic nitrogens is 2. The maximum absolute atomic E-state index is 12.9. The quantitative estimate of drug-likeness (QED) is 0.466. The van der Waals surface area contributed by atoms with Gasteiger partial charge in [0, 0.05) is 10.3 Å². The predicted octanol–water partition coefficient (Wildman–Crippen LogP) is 4.56. The largest absolute Gasteiger partial charge is 0.343 e. The number of thiophene rings is 1. The molecular weight excluding hydrogens is 406 g/mol. The van der Waals surface area contributed by atoms with Crippen molar-refractivity contribution in [2.75, 3.05) is 0 Å². The first-order chi connectivity index (χ1) is 15.0. The second-order valence-electron chi connectivity index (χ2n) is 8.05. The molecule has 6 heteroatoms. The van der Waals surface area contributed by atoms with Crippen molar-refractivity contribution in [2.45, 2.75) is 32.9 Å². The van der Waals surface area contributed by atoms with Gasteiger partial charge < -0.3 is 5.32 Å². The average molecular weight is 432 g/mol. The highest BCUT2D eigenvalue weighted by atomic mass is 32.1. The van der Waals surface area contributed by atoms with Crippen LogP contribution in [0.15, 0.2) is 77.0 Å². The minimum atomic E-state index is -0.267. The van der Waals surface area contributed by atoms with E-state index in [1.807, 2.05) is 35.7 Å². The van der Waals surface area contributed by atoms with Gasteiger partial charge in [-0.25, -0.2) is 4.68 Å². The summed E-state index contributed by atoms with van der Waals surface area (Å²) in [5.74, 6) is 0.334. The summed E-state index contributed by atoms with van der Waals surface area (Å²) >= 11 is 1.60. The fraction of sp³-hybridized carbons (Fsp3) is 0.240. The summed E-state index contributed by atoms with van der Waals surface area (Å²) in [7, 11) is 0. The van der Waals surface area contributed by atoms with Gasteiger partial charge in [-0.3, -0.25) is 9.59 Å². The first kappa shape index (κ1) is 21.0. The summed E-state index contributed by atoms with van der Waals surface area (Å²) in [4.78, 5) is 26.6. The van der Waals surface area contributed by atoms with Crippen LogP contribution in [0, 0.1) is 5.92 Å². The van der Waals surface area contributed by atoms with Gasteiger partial charge in [0.25, 0.3) is 5.56 Å². The van der Waals surface area contributed by atoms with Gasteiger partial charge in [0.05, 0.1) is 17.6 Å². The van der Waals surface area contributed by atoms with E-state index in [0.717, 1.165) is 22.2 Å². The molecule has 31 heavy (non-hydrogen) atoms. The lowest BCUT2D eigenvalue weighted by atomic mass is 9.99. The van der Waals surface area contributed by atoms with Gasteiger partial charge in [0.2, 0.25) is 5.91 Å². The summed E-state index contributed by atoms with van der Waals surface area (Å²) in [6, 6.07) is 19.4. The van der Waals surface area contributed by atoms with E-state index in [9.17, 15) is 9.59 Å².